The summed E-state index contributed by atoms with van der Waals surface area (Å²) >= 11 is 3.55. The molecule has 0 aliphatic heterocycles. The molecule has 0 amide bonds. The highest BCUT2D eigenvalue weighted by Crippen LogP contribution is 2.29. The molecule has 0 fully saturated rings. The van der Waals surface area contributed by atoms with Crippen LogP contribution in [0.5, 0.6) is 0 Å². The van der Waals surface area contributed by atoms with E-state index in [0.29, 0.717) is 0 Å². The minimum Gasteiger partial charge on any atom is -0.289 e. The van der Waals surface area contributed by atoms with Gasteiger partial charge in [-0.2, -0.15) is 0 Å². The molecule has 0 saturated carbocycles. The summed E-state index contributed by atoms with van der Waals surface area (Å²) in [6, 6.07) is 17.7. The summed E-state index contributed by atoms with van der Waals surface area (Å²) < 4.78 is 1.01. The first-order valence-corrected chi connectivity index (χ1v) is 7.67. The van der Waals surface area contributed by atoms with E-state index in [-0.39, 0.29) is 5.78 Å². The Bertz CT molecular complexity index is 849. The van der Waals surface area contributed by atoms with Crippen LogP contribution in [0, 0.1) is 13.8 Å². The van der Waals surface area contributed by atoms with E-state index < -0.39 is 0 Å². The van der Waals surface area contributed by atoms with Crippen LogP contribution in [0.4, 0.5) is 0 Å². The van der Waals surface area contributed by atoms with Crippen LogP contribution in [0.15, 0.2) is 59.1 Å². The summed E-state index contributed by atoms with van der Waals surface area (Å²) in [5, 5.41) is 2.05. The Morgan fingerprint density at radius 1 is 0.810 bits per heavy atom. The number of benzene rings is 3. The Hall–Kier alpha value is -1.93. The third-order valence-corrected chi connectivity index (χ3v) is 4.66. The average molecular weight is 339 g/mol. The Morgan fingerprint density at radius 3 is 2.29 bits per heavy atom. The van der Waals surface area contributed by atoms with E-state index in [1.165, 1.54) is 0 Å². The first-order chi connectivity index (χ1) is 10.1. The molecule has 0 unspecified atom stereocenters. The normalized spacial score (nSPS) is 10.8. The zero-order chi connectivity index (χ0) is 15.0. The largest absolute Gasteiger partial charge is 0.289 e. The second-order valence-electron chi connectivity index (χ2n) is 5.22. The molecule has 3 rings (SSSR count). The molecule has 0 saturated heterocycles. The molecule has 21 heavy (non-hydrogen) atoms. The van der Waals surface area contributed by atoms with Gasteiger partial charge in [0.1, 0.15) is 0 Å². The minimum absolute atomic E-state index is 0.0832. The fourth-order valence-electron chi connectivity index (χ4n) is 2.60. The van der Waals surface area contributed by atoms with Gasteiger partial charge < -0.3 is 0 Å². The smallest absolute Gasteiger partial charge is 0.193 e. The van der Waals surface area contributed by atoms with Gasteiger partial charge in [-0.1, -0.05) is 58.4 Å². The van der Waals surface area contributed by atoms with Crippen molar-refractivity contribution in [1.29, 1.82) is 0 Å². The molecule has 0 spiro atoms. The van der Waals surface area contributed by atoms with Gasteiger partial charge >= 0.3 is 0 Å². The molecular weight excluding hydrogens is 324 g/mol. The lowest BCUT2D eigenvalue weighted by molar-refractivity contribution is 0.103. The molecule has 3 aromatic carbocycles. The third-order valence-electron chi connectivity index (χ3n) is 3.96. The van der Waals surface area contributed by atoms with Gasteiger partial charge in [0.2, 0.25) is 0 Å². The second kappa shape index (κ2) is 5.45. The maximum atomic E-state index is 12.9. The van der Waals surface area contributed by atoms with Crippen molar-refractivity contribution in [3.05, 3.63) is 81.3 Å². The van der Waals surface area contributed by atoms with Gasteiger partial charge in [0.25, 0.3) is 0 Å². The van der Waals surface area contributed by atoms with Crippen LogP contribution in [-0.4, -0.2) is 5.78 Å². The molecule has 2 heteroatoms. The quantitative estimate of drug-likeness (QED) is 0.568. The predicted octanol–water partition coefficient (Wildman–Crippen LogP) is 5.45. The summed E-state index contributed by atoms with van der Waals surface area (Å²) in [5.74, 6) is 0.0832. The molecule has 1 nitrogen and oxygen atoms in total. The van der Waals surface area contributed by atoms with Crippen molar-refractivity contribution in [3.8, 4) is 0 Å². The lowest BCUT2D eigenvalue weighted by Gasteiger charge is -2.10. The minimum atomic E-state index is 0.0832. The number of aryl methyl sites for hydroxylation is 1. The summed E-state index contributed by atoms with van der Waals surface area (Å²) in [6.45, 7) is 4.04. The molecule has 0 heterocycles. The van der Waals surface area contributed by atoms with Crippen molar-refractivity contribution in [2.75, 3.05) is 0 Å². The van der Waals surface area contributed by atoms with E-state index in [9.17, 15) is 4.79 Å². The molecule has 0 aromatic heterocycles. The van der Waals surface area contributed by atoms with Crippen molar-refractivity contribution in [2.45, 2.75) is 13.8 Å². The van der Waals surface area contributed by atoms with E-state index in [4.69, 9.17) is 0 Å². The fraction of sp³-hybridized carbons (Fsp3) is 0.105. The first-order valence-electron chi connectivity index (χ1n) is 6.88. The van der Waals surface area contributed by atoms with E-state index in [1.54, 1.807) is 0 Å². The van der Waals surface area contributed by atoms with Crippen LogP contribution in [0.25, 0.3) is 10.8 Å². The Morgan fingerprint density at radius 2 is 1.52 bits per heavy atom. The lowest BCUT2D eigenvalue weighted by Crippen LogP contribution is -2.05. The Labute approximate surface area is 132 Å². The standard InChI is InChI=1S/C19H15BrO/c1-12-6-5-9-14(13(12)2)19(21)17-10-11-18(20)16-8-4-3-7-15(16)17/h3-11H,1-2H3. The van der Waals surface area contributed by atoms with Crippen molar-refractivity contribution < 1.29 is 4.79 Å². The zero-order valence-electron chi connectivity index (χ0n) is 12.0. The van der Waals surface area contributed by atoms with Crippen LogP contribution < -0.4 is 0 Å². The van der Waals surface area contributed by atoms with Crippen molar-refractivity contribution in [2.24, 2.45) is 0 Å². The zero-order valence-corrected chi connectivity index (χ0v) is 13.6. The predicted molar refractivity (Wildman–Crippen MR) is 91.0 cm³/mol. The fourth-order valence-corrected chi connectivity index (χ4v) is 3.08. The molecule has 0 atom stereocenters. The van der Waals surface area contributed by atoms with E-state index >= 15 is 0 Å². The van der Waals surface area contributed by atoms with Gasteiger partial charge in [-0.25, -0.2) is 0 Å². The number of hydrogen-bond donors (Lipinski definition) is 0. The molecule has 0 aliphatic carbocycles. The Kier molecular flexibility index (Phi) is 3.64. The number of hydrogen-bond acceptors (Lipinski definition) is 1. The Balaban J connectivity index is 2.23. The summed E-state index contributed by atoms with van der Waals surface area (Å²) in [4.78, 5) is 12.9. The number of carbonyl (C=O) groups excluding carboxylic acids is 1. The molecule has 0 radical (unpaired) electrons. The van der Waals surface area contributed by atoms with E-state index in [1.807, 2.05) is 68.4 Å². The summed E-state index contributed by atoms with van der Waals surface area (Å²) in [5.41, 5.74) is 3.72. The second-order valence-corrected chi connectivity index (χ2v) is 6.07. The first kappa shape index (κ1) is 14.0. The summed E-state index contributed by atoms with van der Waals surface area (Å²) in [6.07, 6.45) is 0. The third kappa shape index (κ3) is 2.40. The maximum Gasteiger partial charge on any atom is 0.193 e. The van der Waals surface area contributed by atoms with Gasteiger partial charge in [-0.15, -0.1) is 0 Å². The molecule has 104 valence electrons. The number of carbonyl (C=O) groups is 1. The average Bonchev–Trinajstić information content (AvgIpc) is 2.50. The van der Waals surface area contributed by atoms with Gasteiger partial charge in [0.15, 0.2) is 5.78 Å². The van der Waals surface area contributed by atoms with Gasteiger partial charge in [-0.05, 0) is 47.9 Å². The number of halogens is 1. The highest BCUT2D eigenvalue weighted by atomic mass is 79.9. The van der Waals surface area contributed by atoms with Gasteiger partial charge in [0.05, 0.1) is 0 Å². The lowest BCUT2D eigenvalue weighted by atomic mass is 9.93. The SMILES string of the molecule is Cc1cccc(C(=O)c2ccc(Br)c3ccccc23)c1C. The molecule has 0 bridgehead atoms. The summed E-state index contributed by atoms with van der Waals surface area (Å²) in [7, 11) is 0. The highest BCUT2D eigenvalue weighted by Gasteiger charge is 2.16. The number of rotatable bonds is 2. The maximum absolute atomic E-state index is 12.9. The number of ketones is 1. The highest BCUT2D eigenvalue weighted by molar-refractivity contribution is 9.10. The number of fused-ring (bicyclic) bond motifs is 1. The molecular formula is C19H15BrO. The monoisotopic (exact) mass is 338 g/mol. The van der Waals surface area contributed by atoms with Crippen LogP contribution in [0.1, 0.15) is 27.0 Å². The van der Waals surface area contributed by atoms with E-state index in [2.05, 4.69) is 15.9 Å². The van der Waals surface area contributed by atoms with E-state index in [0.717, 1.165) is 37.5 Å². The molecule has 0 aliphatic rings. The van der Waals surface area contributed by atoms with Gasteiger partial charge in [-0.3, -0.25) is 4.79 Å². The topological polar surface area (TPSA) is 17.1 Å². The molecule has 0 N–H and O–H groups in total. The van der Waals surface area contributed by atoms with Gasteiger partial charge in [0, 0.05) is 15.6 Å². The van der Waals surface area contributed by atoms with Crippen molar-refractivity contribution >= 4 is 32.5 Å². The molecule has 3 aromatic rings. The van der Waals surface area contributed by atoms with Crippen molar-refractivity contribution in [3.63, 3.8) is 0 Å². The van der Waals surface area contributed by atoms with Crippen molar-refractivity contribution in [1.82, 2.24) is 0 Å². The van der Waals surface area contributed by atoms with Crippen LogP contribution >= 0.6 is 15.9 Å². The van der Waals surface area contributed by atoms with Crippen LogP contribution in [-0.2, 0) is 0 Å². The van der Waals surface area contributed by atoms with Crippen LogP contribution in [0.3, 0.4) is 0 Å². The van der Waals surface area contributed by atoms with Crippen LogP contribution in [0.2, 0.25) is 0 Å².